The van der Waals surface area contributed by atoms with Crippen molar-refractivity contribution in [1.29, 1.82) is 0 Å². The van der Waals surface area contributed by atoms with Gasteiger partial charge in [0, 0.05) is 6.54 Å². The van der Waals surface area contributed by atoms with Gasteiger partial charge in [0.05, 0.1) is 11.5 Å². The van der Waals surface area contributed by atoms with Crippen LogP contribution in [0.15, 0.2) is 77.5 Å². The zero-order valence-electron chi connectivity index (χ0n) is 14.1. The smallest absolute Gasteiger partial charge is 0.242 e. The summed E-state index contributed by atoms with van der Waals surface area (Å²) in [6, 6.07) is 15.8. The Bertz CT molecular complexity index is 834. The van der Waals surface area contributed by atoms with Crippen molar-refractivity contribution in [2.24, 2.45) is 10.2 Å². The largest absolute Gasteiger partial charge is 0.285 e. The van der Waals surface area contributed by atoms with Gasteiger partial charge in [-0.25, -0.2) is 4.39 Å². The minimum atomic E-state index is -0.300. The maximum atomic E-state index is 13.1. The number of thioether (sulfide) groups is 1. The van der Waals surface area contributed by atoms with Gasteiger partial charge in [0.1, 0.15) is 5.82 Å². The number of benzene rings is 2. The van der Waals surface area contributed by atoms with E-state index in [9.17, 15) is 9.18 Å². The lowest BCUT2D eigenvalue weighted by atomic mass is 10.1. The molecule has 1 atom stereocenters. The topological polar surface area (TPSA) is 45.0 Å². The second-order valence-electron chi connectivity index (χ2n) is 5.71. The molecule has 4 nitrogen and oxygen atoms in total. The molecule has 0 radical (unpaired) electrons. The van der Waals surface area contributed by atoms with Crippen LogP contribution in [-0.4, -0.2) is 34.0 Å². The average molecular weight is 367 g/mol. The minimum absolute atomic E-state index is 0.0344. The molecule has 0 N–H and O–H groups in total. The van der Waals surface area contributed by atoms with E-state index < -0.39 is 0 Å². The summed E-state index contributed by atoms with van der Waals surface area (Å²) < 4.78 is 13.1. The first-order valence-electron chi connectivity index (χ1n) is 8.17. The van der Waals surface area contributed by atoms with E-state index in [-0.39, 0.29) is 17.0 Å². The van der Waals surface area contributed by atoms with Gasteiger partial charge in [0.15, 0.2) is 5.17 Å². The molecule has 1 aliphatic heterocycles. The predicted molar refractivity (Wildman–Crippen MR) is 105 cm³/mol. The zero-order chi connectivity index (χ0) is 18.4. The van der Waals surface area contributed by atoms with Gasteiger partial charge in [0.2, 0.25) is 5.91 Å². The van der Waals surface area contributed by atoms with Crippen molar-refractivity contribution in [3.05, 3.63) is 84.2 Å². The van der Waals surface area contributed by atoms with Crippen LogP contribution < -0.4 is 0 Å². The van der Waals surface area contributed by atoms with Crippen molar-refractivity contribution in [2.75, 3.05) is 6.54 Å². The zero-order valence-corrected chi connectivity index (χ0v) is 14.9. The first-order valence-corrected chi connectivity index (χ1v) is 9.05. The molecule has 1 heterocycles. The number of hydrogen-bond donors (Lipinski definition) is 0. The van der Waals surface area contributed by atoms with Gasteiger partial charge in [-0.3, -0.25) is 9.69 Å². The summed E-state index contributed by atoms with van der Waals surface area (Å²) in [6.45, 7) is 4.08. The molecule has 1 saturated heterocycles. The van der Waals surface area contributed by atoms with E-state index in [1.165, 1.54) is 23.9 Å². The monoisotopic (exact) mass is 367 g/mol. The summed E-state index contributed by atoms with van der Waals surface area (Å²) in [4.78, 5) is 14.2. The van der Waals surface area contributed by atoms with Gasteiger partial charge in [-0.2, -0.15) is 5.10 Å². The highest BCUT2D eigenvalue weighted by atomic mass is 32.2. The quantitative estimate of drug-likeness (QED) is 0.442. The van der Waals surface area contributed by atoms with Gasteiger partial charge < -0.3 is 0 Å². The molecular formula is C20H18FN3OS. The van der Waals surface area contributed by atoms with Crippen LogP contribution in [0.2, 0.25) is 0 Å². The lowest BCUT2D eigenvalue weighted by Gasteiger charge is -2.12. The molecule has 2 aromatic rings. The summed E-state index contributed by atoms with van der Waals surface area (Å²) in [6.07, 6.45) is 3.82. The third-order valence-corrected chi connectivity index (χ3v) is 4.98. The Morgan fingerprint density at radius 2 is 1.88 bits per heavy atom. The summed E-state index contributed by atoms with van der Waals surface area (Å²) in [5.41, 5.74) is 1.84. The van der Waals surface area contributed by atoms with Crippen LogP contribution in [0.5, 0.6) is 0 Å². The van der Waals surface area contributed by atoms with Crippen molar-refractivity contribution in [3.63, 3.8) is 0 Å². The number of amidine groups is 1. The highest BCUT2D eigenvalue weighted by Crippen LogP contribution is 2.30. The van der Waals surface area contributed by atoms with E-state index in [2.05, 4.69) is 16.8 Å². The molecule has 3 rings (SSSR count). The minimum Gasteiger partial charge on any atom is -0.285 e. The molecule has 1 fully saturated rings. The van der Waals surface area contributed by atoms with Crippen molar-refractivity contribution in [2.45, 2.75) is 11.7 Å². The standard InChI is InChI=1S/C20H18FN3OS/c1-2-12-24-19(25)18(13-15-8-10-17(21)11-9-15)26-20(24)23-22-14-16-6-4-3-5-7-16/h2-11,14,18H,1,12-13H2/b22-14-,23-20-/t18-/m0/s1. The molecular weight excluding hydrogens is 349 g/mol. The molecule has 0 saturated carbocycles. The van der Waals surface area contributed by atoms with Gasteiger partial charge in [-0.1, -0.05) is 60.3 Å². The number of carbonyl (C=O) groups excluding carboxylic acids is 1. The number of rotatable bonds is 6. The second-order valence-corrected chi connectivity index (χ2v) is 6.88. The summed E-state index contributed by atoms with van der Waals surface area (Å²) >= 11 is 1.37. The van der Waals surface area contributed by atoms with Crippen LogP contribution >= 0.6 is 11.8 Å². The van der Waals surface area contributed by atoms with Gasteiger partial charge in [-0.05, 0) is 29.7 Å². The van der Waals surface area contributed by atoms with Crippen molar-refractivity contribution >= 4 is 29.1 Å². The van der Waals surface area contributed by atoms with E-state index in [4.69, 9.17) is 0 Å². The second kappa shape index (κ2) is 8.58. The molecule has 0 spiro atoms. The lowest BCUT2D eigenvalue weighted by Crippen LogP contribution is -2.32. The van der Waals surface area contributed by atoms with Gasteiger partial charge in [-0.15, -0.1) is 11.7 Å². The highest BCUT2D eigenvalue weighted by Gasteiger charge is 2.37. The van der Waals surface area contributed by atoms with E-state index in [1.54, 1.807) is 29.3 Å². The van der Waals surface area contributed by atoms with Gasteiger partial charge >= 0.3 is 0 Å². The number of hydrogen-bond acceptors (Lipinski definition) is 4. The molecule has 1 amide bonds. The van der Waals surface area contributed by atoms with E-state index in [0.29, 0.717) is 18.1 Å². The lowest BCUT2D eigenvalue weighted by molar-refractivity contribution is -0.125. The maximum absolute atomic E-state index is 13.1. The first-order chi connectivity index (χ1) is 12.7. The molecule has 26 heavy (non-hydrogen) atoms. The number of nitrogens with zero attached hydrogens (tertiary/aromatic N) is 3. The number of halogens is 1. The molecule has 0 unspecified atom stereocenters. The van der Waals surface area contributed by atoms with Crippen LogP contribution in [0.3, 0.4) is 0 Å². The third kappa shape index (κ3) is 4.46. The van der Waals surface area contributed by atoms with Crippen molar-refractivity contribution < 1.29 is 9.18 Å². The normalized spacial score (nSPS) is 18.8. The SMILES string of the molecule is C=CCN1C(=O)[C@H](Cc2ccc(F)cc2)S/C1=N\N=C/c1ccccc1. The molecule has 0 bridgehead atoms. The number of amides is 1. The van der Waals surface area contributed by atoms with E-state index >= 15 is 0 Å². The van der Waals surface area contributed by atoms with Crippen LogP contribution in [0.4, 0.5) is 4.39 Å². The molecule has 2 aromatic carbocycles. The number of carbonyl (C=O) groups is 1. The Morgan fingerprint density at radius 3 is 2.58 bits per heavy atom. The van der Waals surface area contributed by atoms with Crippen LogP contribution in [0, 0.1) is 5.82 Å². The molecule has 0 aliphatic carbocycles. The molecule has 1 aliphatic rings. The Labute approximate surface area is 156 Å². The predicted octanol–water partition coefficient (Wildman–Crippen LogP) is 3.89. The Kier molecular flexibility index (Phi) is 5.96. The van der Waals surface area contributed by atoms with Crippen LogP contribution in [0.25, 0.3) is 0 Å². The van der Waals surface area contributed by atoms with Crippen molar-refractivity contribution in [1.82, 2.24) is 4.90 Å². The fourth-order valence-electron chi connectivity index (χ4n) is 2.53. The Balaban J connectivity index is 1.75. The first kappa shape index (κ1) is 18.1. The molecule has 6 heteroatoms. The third-order valence-electron chi connectivity index (χ3n) is 3.82. The van der Waals surface area contributed by atoms with Crippen molar-refractivity contribution in [3.8, 4) is 0 Å². The maximum Gasteiger partial charge on any atom is 0.242 e. The van der Waals surface area contributed by atoms with E-state index in [1.807, 2.05) is 30.3 Å². The van der Waals surface area contributed by atoms with Crippen LogP contribution in [-0.2, 0) is 11.2 Å². The summed E-state index contributed by atoms with van der Waals surface area (Å²) in [5.74, 6) is -0.321. The van der Waals surface area contributed by atoms with E-state index in [0.717, 1.165) is 11.1 Å². The fourth-order valence-corrected chi connectivity index (χ4v) is 3.68. The Morgan fingerprint density at radius 1 is 1.15 bits per heavy atom. The fraction of sp³-hybridized carbons (Fsp3) is 0.150. The molecule has 132 valence electrons. The average Bonchev–Trinajstić information content (AvgIpc) is 2.94. The molecule has 0 aromatic heterocycles. The Hall–Kier alpha value is -2.73. The van der Waals surface area contributed by atoms with Crippen LogP contribution in [0.1, 0.15) is 11.1 Å². The summed E-state index contributed by atoms with van der Waals surface area (Å²) in [7, 11) is 0. The summed E-state index contributed by atoms with van der Waals surface area (Å²) in [5, 5.41) is 8.58. The van der Waals surface area contributed by atoms with Gasteiger partial charge in [0.25, 0.3) is 0 Å². The highest BCUT2D eigenvalue weighted by molar-refractivity contribution is 8.15.